The van der Waals surface area contributed by atoms with E-state index in [1.54, 1.807) is 0 Å². The fourth-order valence-electron chi connectivity index (χ4n) is 1.80. The van der Waals surface area contributed by atoms with E-state index in [2.05, 4.69) is 59.4 Å². The van der Waals surface area contributed by atoms with E-state index in [1.165, 1.54) is 5.56 Å². The van der Waals surface area contributed by atoms with Gasteiger partial charge in [-0.05, 0) is 31.0 Å². The number of hydrogen-bond acceptors (Lipinski definition) is 2. The molecule has 2 rings (SSSR count). The topological polar surface area (TPSA) is 16.1 Å². The summed E-state index contributed by atoms with van der Waals surface area (Å²) < 4.78 is 0. The molecule has 0 N–H and O–H groups in total. The van der Waals surface area contributed by atoms with Crippen LogP contribution in [0.5, 0.6) is 0 Å². The van der Waals surface area contributed by atoms with Crippen LogP contribution >= 0.6 is 0 Å². The maximum atomic E-state index is 4.51. The van der Waals surface area contributed by atoms with Crippen molar-refractivity contribution in [1.29, 1.82) is 0 Å². The van der Waals surface area contributed by atoms with Crippen LogP contribution in [0.15, 0.2) is 48.5 Å². The number of anilines is 1. The smallest absolute Gasteiger partial charge is 0.128 e. The Labute approximate surface area is 103 Å². The number of nitrogens with zero attached hydrogens (tertiary/aromatic N) is 2. The molecule has 0 saturated heterocycles. The molecule has 2 heteroatoms. The van der Waals surface area contributed by atoms with Crippen LogP contribution in [0.25, 0.3) is 0 Å². The highest BCUT2D eigenvalue weighted by Crippen LogP contribution is 2.10. The molecule has 0 atom stereocenters. The summed E-state index contributed by atoms with van der Waals surface area (Å²) >= 11 is 0. The van der Waals surface area contributed by atoms with Gasteiger partial charge in [0.05, 0.1) is 0 Å². The first-order chi connectivity index (χ1) is 8.25. The summed E-state index contributed by atoms with van der Waals surface area (Å²) in [5, 5.41) is 0. The average molecular weight is 226 g/mol. The molecule has 1 heterocycles. The van der Waals surface area contributed by atoms with Crippen molar-refractivity contribution in [2.45, 2.75) is 13.3 Å². The maximum Gasteiger partial charge on any atom is 0.128 e. The van der Waals surface area contributed by atoms with Crippen LogP contribution in [-0.2, 0) is 6.42 Å². The second-order valence-corrected chi connectivity index (χ2v) is 4.29. The molecule has 0 fully saturated rings. The van der Waals surface area contributed by atoms with E-state index in [0.29, 0.717) is 0 Å². The maximum absolute atomic E-state index is 4.51. The highest BCUT2D eigenvalue weighted by Gasteiger charge is 2.02. The van der Waals surface area contributed by atoms with Gasteiger partial charge in [0.15, 0.2) is 0 Å². The summed E-state index contributed by atoms with van der Waals surface area (Å²) in [7, 11) is 2.09. The number of rotatable bonds is 4. The Balaban J connectivity index is 1.96. The third-order valence-electron chi connectivity index (χ3n) is 2.84. The molecule has 0 saturated carbocycles. The Morgan fingerprint density at radius 3 is 2.47 bits per heavy atom. The van der Waals surface area contributed by atoms with Crippen LogP contribution < -0.4 is 4.90 Å². The van der Waals surface area contributed by atoms with E-state index >= 15 is 0 Å². The normalized spacial score (nSPS) is 10.2. The van der Waals surface area contributed by atoms with Gasteiger partial charge in [-0.3, -0.25) is 0 Å². The average Bonchev–Trinajstić information content (AvgIpc) is 2.37. The number of likely N-dealkylation sites (N-methyl/N-ethyl adjacent to an activating group) is 1. The van der Waals surface area contributed by atoms with Crippen molar-refractivity contribution in [1.82, 2.24) is 4.98 Å². The molecular formula is C15H18N2. The van der Waals surface area contributed by atoms with Gasteiger partial charge in [-0.1, -0.05) is 36.4 Å². The number of aromatic nitrogens is 1. The lowest BCUT2D eigenvalue weighted by Gasteiger charge is -2.18. The predicted molar refractivity (Wildman–Crippen MR) is 72.4 cm³/mol. The molecule has 1 aromatic carbocycles. The Kier molecular flexibility index (Phi) is 3.76. The molecule has 0 spiro atoms. The predicted octanol–water partition coefficient (Wildman–Crippen LogP) is 3.07. The molecule has 0 radical (unpaired) electrons. The van der Waals surface area contributed by atoms with E-state index in [4.69, 9.17) is 0 Å². The van der Waals surface area contributed by atoms with Crippen LogP contribution in [0, 0.1) is 6.92 Å². The van der Waals surface area contributed by atoms with Gasteiger partial charge in [0, 0.05) is 19.3 Å². The third kappa shape index (κ3) is 3.31. The molecule has 0 aliphatic carbocycles. The van der Waals surface area contributed by atoms with Crippen LogP contribution in [0.1, 0.15) is 11.3 Å². The summed E-state index contributed by atoms with van der Waals surface area (Å²) in [5.74, 6) is 1.04. The van der Waals surface area contributed by atoms with Gasteiger partial charge in [0.2, 0.25) is 0 Å². The minimum absolute atomic E-state index is 0.987. The zero-order valence-electron chi connectivity index (χ0n) is 10.4. The fraction of sp³-hybridized carbons (Fsp3) is 0.267. The van der Waals surface area contributed by atoms with E-state index < -0.39 is 0 Å². The van der Waals surface area contributed by atoms with Crippen LogP contribution in [0.3, 0.4) is 0 Å². The molecule has 88 valence electrons. The summed E-state index contributed by atoms with van der Waals surface area (Å²) in [5.41, 5.74) is 2.43. The first-order valence-electron chi connectivity index (χ1n) is 5.94. The first kappa shape index (κ1) is 11.6. The highest BCUT2D eigenvalue weighted by molar-refractivity contribution is 5.38. The van der Waals surface area contributed by atoms with Gasteiger partial charge >= 0.3 is 0 Å². The molecule has 0 aliphatic rings. The zero-order valence-corrected chi connectivity index (χ0v) is 10.4. The Bertz CT molecular complexity index is 465. The van der Waals surface area contributed by atoms with E-state index in [-0.39, 0.29) is 0 Å². The quantitative estimate of drug-likeness (QED) is 0.796. The van der Waals surface area contributed by atoms with Gasteiger partial charge < -0.3 is 4.90 Å². The van der Waals surface area contributed by atoms with Crippen molar-refractivity contribution < 1.29 is 0 Å². The fourth-order valence-corrected chi connectivity index (χ4v) is 1.80. The molecule has 0 bridgehead atoms. The van der Waals surface area contributed by atoms with Crippen LogP contribution in [-0.4, -0.2) is 18.6 Å². The minimum Gasteiger partial charge on any atom is -0.359 e. The Morgan fingerprint density at radius 1 is 1.00 bits per heavy atom. The van der Waals surface area contributed by atoms with Crippen molar-refractivity contribution in [3.05, 3.63) is 59.8 Å². The molecule has 0 amide bonds. The van der Waals surface area contributed by atoms with Gasteiger partial charge in [0.25, 0.3) is 0 Å². The monoisotopic (exact) mass is 226 g/mol. The Morgan fingerprint density at radius 2 is 1.76 bits per heavy atom. The summed E-state index contributed by atoms with van der Waals surface area (Å²) in [6.45, 7) is 3.01. The molecular weight excluding hydrogens is 208 g/mol. The van der Waals surface area contributed by atoms with Crippen LogP contribution in [0.4, 0.5) is 5.82 Å². The lowest BCUT2D eigenvalue weighted by atomic mass is 10.1. The second-order valence-electron chi connectivity index (χ2n) is 4.29. The zero-order chi connectivity index (χ0) is 12.1. The van der Waals surface area contributed by atoms with E-state index in [9.17, 15) is 0 Å². The standard InChI is InChI=1S/C15H18N2/c1-13-7-6-10-15(16-13)17(2)12-11-14-8-4-3-5-9-14/h3-10H,11-12H2,1-2H3. The molecule has 17 heavy (non-hydrogen) atoms. The summed E-state index contributed by atoms with van der Waals surface area (Å²) in [4.78, 5) is 6.71. The lowest BCUT2D eigenvalue weighted by molar-refractivity contribution is 0.856. The molecule has 0 unspecified atom stereocenters. The number of benzene rings is 1. The van der Waals surface area contributed by atoms with Crippen molar-refractivity contribution in [3.63, 3.8) is 0 Å². The van der Waals surface area contributed by atoms with Gasteiger partial charge in [-0.25, -0.2) is 4.98 Å². The SMILES string of the molecule is Cc1cccc(N(C)CCc2ccccc2)n1. The third-order valence-corrected chi connectivity index (χ3v) is 2.84. The molecule has 2 aromatic rings. The van der Waals surface area contributed by atoms with Crippen LogP contribution in [0.2, 0.25) is 0 Å². The minimum atomic E-state index is 0.987. The molecule has 0 aliphatic heterocycles. The van der Waals surface area contributed by atoms with Crippen molar-refractivity contribution in [2.24, 2.45) is 0 Å². The second kappa shape index (κ2) is 5.48. The largest absolute Gasteiger partial charge is 0.359 e. The number of hydrogen-bond donors (Lipinski definition) is 0. The van der Waals surface area contributed by atoms with Crippen molar-refractivity contribution in [2.75, 3.05) is 18.5 Å². The Hall–Kier alpha value is -1.83. The van der Waals surface area contributed by atoms with Gasteiger partial charge in [0.1, 0.15) is 5.82 Å². The van der Waals surface area contributed by atoms with Gasteiger partial charge in [-0.2, -0.15) is 0 Å². The first-order valence-corrected chi connectivity index (χ1v) is 5.94. The highest BCUT2D eigenvalue weighted by atomic mass is 15.2. The number of pyridine rings is 1. The molecule has 1 aromatic heterocycles. The van der Waals surface area contributed by atoms with Crippen molar-refractivity contribution in [3.8, 4) is 0 Å². The van der Waals surface area contributed by atoms with Crippen molar-refractivity contribution >= 4 is 5.82 Å². The molecule has 2 nitrogen and oxygen atoms in total. The van der Waals surface area contributed by atoms with E-state index in [1.807, 2.05) is 13.0 Å². The summed E-state index contributed by atoms with van der Waals surface area (Å²) in [6, 6.07) is 16.7. The van der Waals surface area contributed by atoms with Gasteiger partial charge in [-0.15, -0.1) is 0 Å². The lowest BCUT2D eigenvalue weighted by Crippen LogP contribution is -2.21. The van der Waals surface area contributed by atoms with E-state index in [0.717, 1.165) is 24.5 Å². The number of aryl methyl sites for hydroxylation is 1. The summed E-state index contributed by atoms with van der Waals surface area (Å²) in [6.07, 6.45) is 1.05.